The Bertz CT molecular complexity index is 1050. The Balaban J connectivity index is 2.02. The van der Waals surface area contributed by atoms with Crippen molar-refractivity contribution in [3.05, 3.63) is 90.5 Å². The van der Waals surface area contributed by atoms with Gasteiger partial charge in [0.2, 0.25) is 0 Å². The number of rotatable bonds is 6. The summed E-state index contributed by atoms with van der Waals surface area (Å²) in [6.45, 7) is 8.88. The summed E-state index contributed by atoms with van der Waals surface area (Å²) >= 11 is 0. The molecular formula is C25H23NO4. The molecular weight excluding hydrogens is 378 g/mol. The van der Waals surface area contributed by atoms with Crippen molar-refractivity contribution in [2.45, 2.75) is 20.8 Å². The van der Waals surface area contributed by atoms with Crippen LogP contribution < -0.4 is 14.4 Å². The van der Waals surface area contributed by atoms with Crippen LogP contribution in [0.4, 0.5) is 17.1 Å². The SMILES string of the molecule is C=CC(=O)Oc1ccc(N(c2ccc(OC(C)=O)cc2)c2cc(C)cc(C)c2)cc1. The third kappa shape index (κ3) is 5.14. The van der Waals surface area contributed by atoms with Gasteiger partial charge in [-0.2, -0.15) is 0 Å². The Morgan fingerprint density at radius 1 is 0.767 bits per heavy atom. The zero-order valence-corrected chi connectivity index (χ0v) is 17.2. The summed E-state index contributed by atoms with van der Waals surface area (Å²) in [5.74, 6) is 0.0566. The summed E-state index contributed by atoms with van der Waals surface area (Å²) < 4.78 is 10.3. The first-order chi connectivity index (χ1) is 14.4. The van der Waals surface area contributed by atoms with Gasteiger partial charge in [0.05, 0.1) is 0 Å². The molecule has 0 radical (unpaired) electrons. The molecule has 0 aliphatic rings. The first kappa shape index (κ1) is 20.9. The van der Waals surface area contributed by atoms with Crippen molar-refractivity contribution in [1.29, 1.82) is 0 Å². The summed E-state index contributed by atoms with van der Waals surface area (Å²) in [6.07, 6.45) is 1.13. The van der Waals surface area contributed by atoms with E-state index in [1.165, 1.54) is 6.92 Å². The van der Waals surface area contributed by atoms with E-state index in [9.17, 15) is 9.59 Å². The zero-order valence-electron chi connectivity index (χ0n) is 17.2. The Labute approximate surface area is 176 Å². The lowest BCUT2D eigenvalue weighted by atomic mass is 10.1. The fourth-order valence-electron chi connectivity index (χ4n) is 3.18. The average Bonchev–Trinajstić information content (AvgIpc) is 2.69. The number of ether oxygens (including phenoxy) is 2. The smallest absolute Gasteiger partial charge is 0.335 e. The molecule has 0 fully saturated rings. The van der Waals surface area contributed by atoms with E-state index < -0.39 is 5.97 Å². The van der Waals surface area contributed by atoms with Crippen LogP contribution >= 0.6 is 0 Å². The van der Waals surface area contributed by atoms with Crippen molar-refractivity contribution in [2.75, 3.05) is 4.90 Å². The number of hydrogen-bond acceptors (Lipinski definition) is 5. The predicted octanol–water partition coefficient (Wildman–Crippen LogP) is 5.79. The van der Waals surface area contributed by atoms with Gasteiger partial charge in [0.25, 0.3) is 0 Å². The molecule has 3 rings (SSSR count). The van der Waals surface area contributed by atoms with Crippen LogP contribution in [-0.4, -0.2) is 11.9 Å². The van der Waals surface area contributed by atoms with E-state index in [-0.39, 0.29) is 5.97 Å². The van der Waals surface area contributed by atoms with Gasteiger partial charge in [-0.1, -0.05) is 12.6 Å². The first-order valence-electron chi connectivity index (χ1n) is 9.47. The summed E-state index contributed by atoms with van der Waals surface area (Å²) in [4.78, 5) is 24.7. The molecule has 5 nitrogen and oxygen atoms in total. The summed E-state index contributed by atoms with van der Waals surface area (Å²) in [7, 11) is 0. The lowest BCUT2D eigenvalue weighted by Crippen LogP contribution is -2.11. The van der Waals surface area contributed by atoms with E-state index in [2.05, 4.69) is 43.5 Å². The van der Waals surface area contributed by atoms with E-state index in [0.29, 0.717) is 11.5 Å². The van der Waals surface area contributed by atoms with Crippen molar-refractivity contribution in [3.63, 3.8) is 0 Å². The first-order valence-corrected chi connectivity index (χ1v) is 9.47. The van der Waals surface area contributed by atoms with Gasteiger partial charge < -0.3 is 14.4 Å². The Kier molecular flexibility index (Phi) is 6.32. The second kappa shape index (κ2) is 9.09. The summed E-state index contributed by atoms with van der Waals surface area (Å²) in [6, 6.07) is 20.8. The molecule has 0 aromatic heterocycles. The highest BCUT2D eigenvalue weighted by atomic mass is 16.5. The Morgan fingerprint density at radius 3 is 1.67 bits per heavy atom. The average molecular weight is 401 g/mol. The minimum absolute atomic E-state index is 0.362. The van der Waals surface area contributed by atoms with Crippen LogP contribution in [0.5, 0.6) is 11.5 Å². The number of carbonyl (C=O) groups is 2. The van der Waals surface area contributed by atoms with Crippen molar-refractivity contribution < 1.29 is 19.1 Å². The third-order valence-electron chi connectivity index (χ3n) is 4.30. The van der Waals surface area contributed by atoms with Crippen LogP contribution in [0, 0.1) is 13.8 Å². The fraction of sp³-hybridized carbons (Fsp3) is 0.120. The van der Waals surface area contributed by atoms with Gasteiger partial charge in [-0.3, -0.25) is 4.79 Å². The maximum atomic E-state index is 11.4. The number of carbonyl (C=O) groups excluding carboxylic acids is 2. The molecule has 0 heterocycles. The van der Waals surface area contributed by atoms with Gasteiger partial charge in [0, 0.05) is 30.1 Å². The van der Waals surface area contributed by atoms with Gasteiger partial charge >= 0.3 is 11.9 Å². The molecule has 152 valence electrons. The Morgan fingerprint density at radius 2 is 1.23 bits per heavy atom. The second-order valence-corrected chi connectivity index (χ2v) is 6.89. The largest absolute Gasteiger partial charge is 0.427 e. The van der Waals surface area contributed by atoms with Crippen LogP contribution in [0.15, 0.2) is 79.4 Å². The highest BCUT2D eigenvalue weighted by Crippen LogP contribution is 2.37. The predicted molar refractivity (Wildman–Crippen MR) is 118 cm³/mol. The fourth-order valence-corrected chi connectivity index (χ4v) is 3.18. The third-order valence-corrected chi connectivity index (χ3v) is 4.30. The lowest BCUT2D eigenvalue weighted by Gasteiger charge is -2.26. The highest BCUT2D eigenvalue weighted by molar-refractivity contribution is 5.83. The molecule has 30 heavy (non-hydrogen) atoms. The minimum Gasteiger partial charge on any atom is -0.427 e. The standard InChI is InChI=1S/C25H23NO4/c1-5-25(28)30-24-12-8-21(9-13-24)26(22-15-17(2)14-18(3)16-22)20-6-10-23(11-7-20)29-19(4)27/h5-16H,1H2,2-4H3. The zero-order chi connectivity index (χ0) is 21.7. The minimum atomic E-state index is -0.505. The van der Waals surface area contributed by atoms with E-state index >= 15 is 0 Å². The van der Waals surface area contributed by atoms with Crippen LogP contribution in [0.25, 0.3) is 0 Å². The van der Waals surface area contributed by atoms with Crippen LogP contribution in [-0.2, 0) is 9.59 Å². The molecule has 0 unspecified atom stereocenters. The lowest BCUT2D eigenvalue weighted by molar-refractivity contribution is -0.132. The maximum Gasteiger partial charge on any atom is 0.335 e. The number of aryl methyl sites for hydroxylation is 2. The summed E-state index contributed by atoms with van der Waals surface area (Å²) in [5.41, 5.74) is 5.06. The van der Waals surface area contributed by atoms with Gasteiger partial charge in [-0.15, -0.1) is 0 Å². The molecule has 3 aromatic rings. The topological polar surface area (TPSA) is 55.8 Å². The molecule has 0 aliphatic heterocycles. The number of esters is 2. The molecule has 0 bridgehead atoms. The van der Waals surface area contributed by atoms with Crippen molar-refractivity contribution >= 4 is 29.0 Å². The quantitative estimate of drug-likeness (QED) is 0.297. The second-order valence-electron chi connectivity index (χ2n) is 6.89. The van der Waals surface area contributed by atoms with Gasteiger partial charge in [-0.05, 0) is 85.6 Å². The molecule has 3 aromatic carbocycles. The van der Waals surface area contributed by atoms with Crippen molar-refractivity contribution in [3.8, 4) is 11.5 Å². The highest BCUT2D eigenvalue weighted by Gasteiger charge is 2.14. The summed E-state index contributed by atoms with van der Waals surface area (Å²) in [5, 5.41) is 0. The molecule has 0 aliphatic carbocycles. The molecule has 0 spiro atoms. The number of anilines is 3. The monoisotopic (exact) mass is 401 g/mol. The molecule has 5 heteroatoms. The van der Waals surface area contributed by atoms with Gasteiger partial charge in [0.15, 0.2) is 0 Å². The van der Waals surface area contributed by atoms with Crippen molar-refractivity contribution in [2.24, 2.45) is 0 Å². The van der Waals surface area contributed by atoms with Crippen LogP contribution in [0.1, 0.15) is 18.1 Å². The number of hydrogen-bond donors (Lipinski definition) is 0. The van der Waals surface area contributed by atoms with Gasteiger partial charge in [0.1, 0.15) is 11.5 Å². The molecule has 0 amide bonds. The van der Waals surface area contributed by atoms with Crippen molar-refractivity contribution in [1.82, 2.24) is 0 Å². The van der Waals surface area contributed by atoms with E-state index in [1.807, 2.05) is 24.3 Å². The number of nitrogens with zero attached hydrogens (tertiary/aromatic N) is 1. The van der Waals surface area contributed by atoms with E-state index in [0.717, 1.165) is 34.3 Å². The van der Waals surface area contributed by atoms with Crippen LogP contribution in [0.3, 0.4) is 0 Å². The molecule has 0 N–H and O–H groups in total. The Hall–Kier alpha value is -3.86. The van der Waals surface area contributed by atoms with Crippen LogP contribution in [0.2, 0.25) is 0 Å². The maximum absolute atomic E-state index is 11.4. The molecule has 0 saturated heterocycles. The molecule has 0 saturated carbocycles. The van der Waals surface area contributed by atoms with Gasteiger partial charge in [-0.25, -0.2) is 4.79 Å². The van der Waals surface area contributed by atoms with E-state index in [4.69, 9.17) is 9.47 Å². The molecule has 0 atom stereocenters. The van der Waals surface area contributed by atoms with E-state index in [1.54, 1.807) is 24.3 Å². The normalized spacial score (nSPS) is 10.2. The number of benzene rings is 3.